The number of hydrogen-bond donors (Lipinski definition) is 0. The average molecular weight is 270 g/mol. The van der Waals surface area contributed by atoms with Crippen molar-refractivity contribution in [1.82, 2.24) is 9.96 Å². The van der Waals surface area contributed by atoms with E-state index in [0.717, 1.165) is 6.42 Å². The van der Waals surface area contributed by atoms with Gasteiger partial charge in [0.25, 0.3) is 5.91 Å². The van der Waals surface area contributed by atoms with Crippen LogP contribution in [0.3, 0.4) is 0 Å². The van der Waals surface area contributed by atoms with E-state index in [1.54, 1.807) is 11.9 Å². The van der Waals surface area contributed by atoms with Gasteiger partial charge in [0.05, 0.1) is 7.11 Å². The SMILES string of the molecule is CON(C)C(=O)[C@@H]1C[C@@H]2C[C@@H]2N1C(=O)OC(C)(C)C. The molecule has 2 rings (SSSR count). The Morgan fingerprint density at radius 2 is 1.89 bits per heavy atom. The van der Waals surface area contributed by atoms with Crippen molar-refractivity contribution in [2.24, 2.45) is 5.92 Å². The topological polar surface area (TPSA) is 59.1 Å². The second kappa shape index (κ2) is 4.67. The highest BCUT2D eigenvalue weighted by Crippen LogP contribution is 2.48. The highest BCUT2D eigenvalue weighted by molar-refractivity contribution is 5.86. The highest BCUT2D eigenvalue weighted by atomic mass is 16.7. The summed E-state index contributed by atoms with van der Waals surface area (Å²) >= 11 is 0. The van der Waals surface area contributed by atoms with Crippen molar-refractivity contribution < 1.29 is 19.2 Å². The number of fused-ring (bicyclic) bond motifs is 1. The largest absolute Gasteiger partial charge is 0.444 e. The van der Waals surface area contributed by atoms with Crippen molar-refractivity contribution in [3.8, 4) is 0 Å². The lowest BCUT2D eigenvalue weighted by Gasteiger charge is -2.31. The third kappa shape index (κ3) is 2.83. The van der Waals surface area contributed by atoms with Crippen LogP contribution in [-0.2, 0) is 14.4 Å². The van der Waals surface area contributed by atoms with Crippen molar-refractivity contribution in [2.45, 2.75) is 51.3 Å². The Morgan fingerprint density at radius 1 is 1.26 bits per heavy atom. The molecule has 2 amide bonds. The molecule has 108 valence electrons. The van der Waals surface area contributed by atoms with E-state index in [0.29, 0.717) is 12.3 Å². The maximum atomic E-state index is 12.2. The summed E-state index contributed by atoms with van der Waals surface area (Å²) in [5.74, 6) is 0.243. The third-order valence-electron chi connectivity index (χ3n) is 3.58. The predicted octanol–water partition coefficient (Wildman–Crippen LogP) is 1.40. The molecule has 6 heteroatoms. The van der Waals surface area contributed by atoms with Gasteiger partial charge in [-0.3, -0.25) is 14.5 Å². The number of likely N-dealkylation sites (tertiary alicyclic amines) is 1. The zero-order chi connectivity index (χ0) is 14.4. The molecule has 0 bridgehead atoms. The first-order valence-corrected chi connectivity index (χ1v) is 6.57. The number of nitrogens with zero attached hydrogens (tertiary/aromatic N) is 2. The van der Waals surface area contributed by atoms with Crippen molar-refractivity contribution >= 4 is 12.0 Å². The molecule has 0 unspecified atom stereocenters. The molecule has 1 aliphatic carbocycles. The molecule has 1 saturated heterocycles. The summed E-state index contributed by atoms with van der Waals surface area (Å²) in [5, 5.41) is 1.17. The van der Waals surface area contributed by atoms with Crippen LogP contribution in [0.1, 0.15) is 33.6 Å². The molecule has 3 atom stereocenters. The number of ether oxygens (including phenoxy) is 1. The molecule has 0 aromatic heterocycles. The van der Waals surface area contributed by atoms with Crippen LogP contribution >= 0.6 is 0 Å². The predicted molar refractivity (Wildman–Crippen MR) is 68.2 cm³/mol. The summed E-state index contributed by atoms with van der Waals surface area (Å²) in [4.78, 5) is 30.9. The fourth-order valence-electron chi connectivity index (χ4n) is 2.55. The highest BCUT2D eigenvalue weighted by Gasteiger charge is 2.57. The van der Waals surface area contributed by atoms with Crippen LogP contribution in [-0.4, -0.2) is 53.8 Å². The van der Waals surface area contributed by atoms with E-state index in [-0.39, 0.29) is 11.9 Å². The molecule has 6 nitrogen and oxygen atoms in total. The van der Waals surface area contributed by atoms with Crippen LogP contribution in [0.5, 0.6) is 0 Å². The van der Waals surface area contributed by atoms with Crippen LogP contribution in [0.2, 0.25) is 0 Å². The van der Waals surface area contributed by atoms with Gasteiger partial charge in [-0.25, -0.2) is 9.86 Å². The van der Waals surface area contributed by atoms with Crippen molar-refractivity contribution in [1.29, 1.82) is 0 Å². The minimum Gasteiger partial charge on any atom is -0.444 e. The first kappa shape index (κ1) is 14.1. The summed E-state index contributed by atoms with van der Waals surface area (Å²) in [6, 6.07) is -0.294. The molecule has 1 aliphatic heterocycles. The molecule has 0 radical (unpaired) electrons. The Bertz CT molecular complexity index is 391. The van der Waals surface area contributed by atoms with Gasteiger partial charge in [0, 0.05) is 13.1 Å². The molecular weight excluding hydrogens is 248 g/mol. The number of carbonyl (C=O) groups excluding carboxylic acids is 2. The van der Waals surface area contributed by atoms with E-state index in [1.165, 1.54) is 12.2 Å². The average Bonchev–Trinajstić information content (AvgIpc) is 2.95. The van der Waals surface area contributed by atoms with Gasteiger partial charge < -0.3 is 4.74 Å². The lowest BCUT2D eigenvalue weighted by molar-refractivity contribution is -0.173. The van der Waals surface area contributed by atoms with E-state index in [2.05, 4.69) is 0 Å². The first-order valence-electron chi connectivity index (χ1n) is 6.57. The van der Waals surface area contributed by atoms with Crippen LogP contribution in [0, 0.1) is 5.92 Å². The van der Waals surface area contributed by atoms with Gasteiger partial charge in [-0.15, -0.1) is 0 Å². The molecule has 0 N–H and O–H groups in total. The number of hydroxylamine groups is 2. The number of likely N-dealkylation sites (N-methyl/N-ethyl adjacent to an activating group) is 1. The Labute approximate surface area is 113 Å². The van der Waals surface area contributed by atoms with Crippen molar-refractivity contribution in [2.75, 3.05) is 14.2 Å². The van der Waals surface area contributed by atoms with E-state index in [1.807, 2.05) is 20.8 Å². The van der Waals surface area contributed by atoms with Gasteiger partial charge >= 0.3 is 6.09 Å². The Morgan fingerprint density at radius 3 is 2.42 bits per heavy atom. The zero-order valence-corrected chi connectivity index (χ0v) is 12.2. The monoisotopic (exact) mass is 270 g/mol. The van der Waals surface area contributed by atoms with Crippen LogP contribution in [0.4, 0.5) is 4.79 Å². The van der Waals surface area contributed by atoms with E-state index < -0.39 is 17.7 Å². The van der Waals surface area contributed by atoms with Gasteiger partial charge in [0.1, 0.15) is 11.6 Å². The van der Waals surface area contributed by atoms with Gasteiger partial charge in [-0.2, -0.15) is 0 Å². The lowest BCUT2D eigenvalue weighted by Crippen LogP contribution is -2.49. The van der Waals surface area contributed by atoms with E-state index in [4.69, 9.17) is 9.57 Å². The van der Waals surface area contributed by atoms with E-state index >= 15 is 0 Å². The molecule has 1 heterocycles. The number of piperidine rings is 1. The minimum absolute atomic E-state index is 0.161. The smallest absolute Gasteiger partial charge is 0.411 e. The number of carbonyl (C=O) groups is 2. The maximum absolute atomic E-state index is 12.2. The summed E-state index contributed by atoms with van der Waals surface area (Å²) in [7, 11) is 2.99. The van der Waals surface area contributed by atoms with Crippen LogP contribution < -0.4 is 0 Å². The van der Waals surface area contributed by atoms with Gasteiger partial charge in [0.15, 0.2) is 0 Å². The second-order valence-electron chi connectivity index (χ2n) is 6.22. The van der Waals surface area contributed by atoms with Gasteiger partial charge in [0.2, 0.25) is 0 Å². The fourth-order valence-corrected chi connectivity index (χ4v) is 2.55. The normalized spacial score (nSPS) is 28.9. The maximum Gasteiger partial charge on any atom is 0.411 e. The fraction of sp³-hybridized carbons (Fsp3) is 0.846. The van der Waals surface area contributed by atoms with Crippen molar-refractivity contribution in [3.63, 3.8) is 0 Å². The molecule has 19 heavy (non-hydrogen) atoms. The Balaban J connectivity index is 2.08. The molecule has 2 aliphatic rings. The minimum atomic E-state index is -0.551. The Kier molecular flexibility index (Phi) is 3.47. The molecule has 0 aromatic rings. The van der Waals surface area contributed by atoms with E-state index in [9.17, 15) is 9.59 Å². The standard InChI is InChI=1S/C13H22N2O4/c1-13(2,3)19-12(17)15-9-6-8(9)7-10(15)11(16)14(4)18-5/h8-10H,6-7H2,1-5H3/t8-,9-,10-/m0/s1. The molecule has 2 fully saturated rings. The van der Waals surface area contributed by atoms with Gasteiger partial charge in [-0.1, -0.05) is 0 Å². The first-order chi connectivity index (χ1) is 8.74. The Hall–Kier alpha value is -1.30. The third-order valence-corrected chi connectivity index (χ3v) is 3.58. The molecule has 1 saturated carbocycles. The zero-order valence-electron chi connectivity index (χ0n) is 12.2. The molecule has 0 spiro atoms. The van der Waals surface area contributed by atoms with Gasteiger partial charge in [-0.05, 0) is 39.5 Å². The van der Waals surface area contributed by atoms with Crippen molar-refractivity contribution in [3.05, 3.63) is 0 Å². The van der Waals surface area contributed by atoms with Crippen LogP contribution in [0.15, 0.2) is 0 Å². The number of hydrogen-bond acceptors (Lipinski definition) is 4. The summed E-state index contributed by atoms with van der Waals surface area (Å²) < 4.78 is 5.39. The number of amides is 2. The summed E-state index contributed by atoms with van der Waals surface area (Å²) in [6.45, 7) is 5.47. The lowest BCUT2D eigenvalue weighted by atomic mass is 10.1. The van der Waals surface area contributed by atoms with Crippen LogP contribution in [0.25, 0.3) is 0 Å². The molecular formula is C13H22N2O4. The number of rotatable bonds is 2. The second-order valence-corrected chi connectivity index (χ2v) is 6.22. The summed E-state index contributed by atoms with van der Waals surface area (Å²) in [6.07, 6.45) is 1.27. The quantitative estimate of drug-likeness (QED) is 0.712. The molecule has 0 aromatic carbocycles. The summed E-state index contributed by atoms with van der Waals surface area (Å²) in [5.41, 5.74) is -0.551.